The van der Waals surface area contributed by atoms with Gasteiger partial charge in [0, 0.05) is 10.2 Å². The van der Waals surface area contributed by atoms with Crippen molar-refractivity contribution < 1.29 is 9.18 Å². The molecule has 0 heterocycles. The van der Waals surface area contributed by atoms with Crippen molar-refractivity contribution in [1.29, 1.82) is 0 Å². The van der Waals surface area contributed by atoms with E-state index in [1.165, 1.54) is 18.2 Å². The molecule has 19 heavy (non-hydrogen) atoms. The summed E-state index contributed by atoms with van der Waals surface area (Å²) in [5, 5.41) is 2.66. The lowest BCUT2D eigenvalue weighted by molar-refractivity contribution is -0.115. The second-order valence-corrected chi connectivity index (χ2v) is 5.21. The Morgan fingerprint density at radius 3 is 2.68 bits per heavy atom. The van der Waals surface area contributed by atoms with Crippen LogP contribution < -0.4 is 5.32 Å². The van der Waals surface area contributed by atoms with Crippen LogP contribution in [0.4, 0.5) is 10.1 Å². The smallest absolute Gasteiger partial charge is 0.228 e. The molecule has 0 fully saturated rings. The molecule has 0 aliphatic carbocycles. The molecule has 1 amide bonds. The van der Waals surface area contributed by atoms with Crippen molar-refractivity contribution in [1.82, 2.24) is 0 Å². The maximum absolute atomic E-state index is 13.0. The first kappa shape index (κ1) is 14.0. The Hall–Kier alpha value is -1.39. The van der Waals surface area contributed by atoms with E-state index in [2.05, 4.69) is 21.2 Å². The van der Waals surface area contributed by atoms with Gasteiger partial charge in [0.1, 0.15) is 5.82 Å². The van der Waals surface area contributed by atoms with E-state index in [1.54, 1.807) is 0 Å². The number of hydrogen-bond donors (Lipinski definition) is 1. The van der Waals surface area contributed by atoms with Crippen LogP contribution in [0.5, 0.6) is 0 Å². The van der Waals surface area contributed by atoms with Crippen LogP contribution in [0.15, 0.2) is 46.9 Å². The van der Waals surface area contributed by atoms with E-state index in [-0.39, 0.29) is 17.4 Å². The van der Waals surface area contributed by atoms with E-state index >= 15 is 0 Å². The van der Waals surface area contributed by atoms with E-state index in [4.69, 9.17) is 11.6 Å². The van der Waals surface area contributed by atoms with Gasteiger partial charge in [0.05, 0.1) is 11.4 Å². The minimum Gasteiger partial charge on any atom is -0.326 e. The van der Waals surface area contributed by atoms with Crippen LogP contribution in [0.3, 0.4) is 0 Å². The van der Waals surface area contributed by atoms with Gasteiger partial charge in [-0.1, -0.05) is 45.7 Å². The molecule has 0 spiro atoms. The summed E-state index contributed by atoms with van der Waals surface area (Å²) < 4.78 is 13.9. The Kier molecular flexibility index (Phi) is 4.56. The van der Waals surface area contributed by atoms with Crippen molar-refractivity contribution in [2.75, 3.05) is 5.32 Å². The molecule has 0 bridgehead atoms. The summed E-state index contributed by atoms with van der Waals surface area (Å²) >= 11 is 9.03. The fourth-order valence-electron chi connectivity index (χ4n) is 1.59. The van der Waals surface area contributed by atoms with Crippen molar-refractivity contribution in [3.05, 3.63) is 63.3 Å². The summed E-state index contributed by atoms with van der Waals surface area (Å²) in [6, 6.07) is 11.6. The highest BCUT2D eigenvalue weighted by molar-refractivity contribution is 9.10. The summed E-state index contributed by atoms with van der Waals surface area (Å²) in [5.41, 5.74) is 1.36. The van der Waals surface area contributed by atoms with Crippen molar-refractivity contribution in [2.45, 2.75) is 6.42 Å². The molecule has 5 heteroatoms. The molecular formula is C14H10BrClFNO. The number of anilines is 1. The quantitative estimate of drug-likeness (QED) is 0.879. The average Bonchev–Trinajstić information content (AvgIpc) is 2.37. The first-order valence-electron chi connectivity index (χ1n) is 5.54. The summed E-state index contributed by atoms with van der Waals surface area (Å²) in [4.78, 5) is 11.9. The number of halogens is 3. The summed E-state index contributed by atoms with van der Waals surface area (Å²) in [6.07, 6.45) is 0.233. The molecule has 2 nitrogen and oxygen atoms in total. The number of rotatable bonds is 3. The van der Waals surface area contributed by atoms with Crippen LogP contribution >= 0.6 is 27.5 Å². The Labute approximate surface area is 123 Å². The molecule has 98 valence electrons. The largest absolute Gasteiger partial charge is 0.326 e. The second-order valence-electron chi connectivity index (χ2n) is 3.95. The van der Waals surface area contributed by atoms with E-state index in [1.807, 2.05) is 24.3 Å². The van der Waals surface area contributed by atoms with E-state index in [0.717, 1.165) is 10.0 Å². The van der Waals surface area contributed by atoms with Gasteiger partial charge in [0.15, 0.2) is 0 Å². The Morgan fingerprint density at radius 2 is 2.00 bits per heavy atom. The zero-order valence-electron chi connectivity index (χ0n) is 9.79. The molecule has 0 saturated carbocycles. The molecule has 1 N–H and O–H groups in total. The SMILES string of the molecule is O=C(Cc1ccccc1Br)Nc1ccc(F)c(Cl)c1. The van der Waals surface area contributed by atoms with Gasteiger partial charge in [-0.2, -0.15) is 0 Å². The van der Waals surface area contributed by atoms with Gasteiger partial charge < -0.3 is 5.32 Å². The van der Waals surface area contributed by atoms with Gasteiger partial charge in [-0.05, 0) is 29.8 Å². The fraction of sp³-hybridized carbons (Fsp3) is 0.0714. The average molecular weight is 343 g/mol. The number of carbonyl (C=O) groups is 1. The lowest BCUT2D eigenvalue weighted by Gasteiger charge is -2.07. The van der Waals surface area contributed by atoms with Crippen LogP contribution in [0.2, 0.25) is 5.02 Å². The lowest BCUT2D eigenvalue weighted by Crippen LogP contribution is -2.14. The van der Waals surface area contributed by atoms with Crippen molar-refractivity contribution in [3.8, 4) is 0 Å². The Morgan fingerprint density at radius 1 is 1.26 bits per heavy atom. The summed E-state index contributed by atoms with van der Waals surface area (Å²) in [6.45, 7) is 0. The van der Waals surface area contributed by atoms with Crippen molar-refractivity contribution >= 4 is 39.1 Å². The molecule has 2 rings (SSSR count). The number of hydrogen-bond acceptors (Lipinski definition) is 1. The Bertz CT molecular complexity index is 618. The minimum absolute atomic E-state index is 0.0151. The highest BCUT2D eigenvalue weighted by atomic mass is 79.9. The molecule has 2 aromatic rings. The van der Waals surface area contributed by atoms with Gasteiger partial charge in [0.2, 0.25) is 5.91 Å². The predicted molar refractivity (Wildman–Crippen MR) is 77.9 cm³/mol. The molecule has 0 aliphatic heterocycles. The zero-order chi connectivity index (χ0) is 13.8. The number of benzene rings is 2. The maximum atomic E-state index is 13.0. The standard InChI is InChI=1S/C14H10BrClFNO/c15-11-4-2-1-3-9(11)7-14(19)18-10-5-6-13(17)12(16)8-10/h1-6,8H,7H2,(H,18,19). The molecule has 0 saturated heterocycles. The van der Waals surface area contributed by atoms with E-state index < -0.39 is 5.82 Å². The number of nitrogens with one attached hydrogen (secondary N) is 1. The van der Waals surface area contributed by atoms with E-state index in [0.29, 0.717) is 5.69 Å². The fourth-order valence-corrected chi connectivity index (χ4v) is 2.20. The van der Waals surface area contributed by atoms with Gasteiger partial charge in [-0.3, -0.25) is 4.79 Å². The first-order valence-corrected chi connectivity index (χ1v) is 6.71. The third-order valence-corrected chi connectivity index (χ3v) is 3.58. The molecule has 0 aromatic heterocycles. The second kappa shape index (κ2) is 6.17. The Balaban J connectivity index is 2.05. The van der Waals surface area contributed by atoms with Gasteiger partial charge in [-0.15, -0.1) is 0 Å². The van der Waals surface area contributed by atoms with Crippen LogP contribution in [0.25, 0.3) is 0 Å². The molecule has 0 unspecified atom stereocenters. The van der Waals surface area contributed by atoms with Crippen molar-refractivity contribution in [3.63, 3.8) is 0 Å². The third kappa shape index (κ3) is 3.78. The minimum atomic E-state index is -0.509. The van der Waals surface area contributed by atoms with Crippen LogP contribution in [-0.2, 0) is 11.2 Å². The molecular weight excluding hydrogens is 333 g/mol. The number of amides is 1. The lowest BCUT2D eigenvalue weighted by atomic mass is 10.1. The summed E-state index contributed by atoms with van der Waals surface area (Å²) in [5.74, 6) is -0.694. The highest BCUT2D eigenvalue weighted by Gasteiger charge is 2.08. The van der Waals surface area contributed by atoms with Gasteiger partial charge in [0.25, 0.3) is 0 Å². The van der Waals surface area contributed by atoms with Gasteiger partial charge >= 0.3 is 0 Å². The predicted octanol–water partition coefficient (Wildman–Crippen LogP) is 4.42. The van der Waals surface area contributed by atoms with Crippen LogP contribution in [-0.4, -0.2) is 5.91 Å². The summed E-state index contributed by atoms with van der Waals surface area (Å²) in [7, 11) is 0. The first-order chi connectivity index (χ1) is 9.06. The molecule has 0 atom stereocenters. The maximum Gasteiger partial charge on any atom is 0.228 e. The monoisotopic (exact) mass is 341 g/mol. The molecule has 0 aliphatic rings. The van der Waals surface area contributed by atoms with E-state index in [9.17, 15) is 9.18 Å². The van der Waals surface area contributed by atoms with Gasteiger partial charge in [-0.25, -0.2) is 4.39 Å². The van der Waals surface area contributed by atoms with Crippen LogP contribution in [0.1, 0.15) is 5.56 Å². The highest BCUT2D eigenvalue weighted by Crippen LogP contribution is 2.20. The third-order valence-electron chi connectivity index (χ3n) is 2.51. The zero-order valence-corrected chi connectivity index (χ0v) is 12.1. The topological polar surface area (TPSA) is 29.1 Å². The normalized spacial score (nSPS) is 10.3. The van der Waals surface area contributed by atoms with Crippen molar-refractivity contribution in [2.24, 2.45) is 0 Å². The molecule has 0 radical (unpaired) electrons. The van der Waals surface area contributed by atoms with Crippen LogP contribution in [0, 0.1) is 5.82 Å². The molecule has 2 aromatic carbocycles. The number of carbonyl (C=O) groups excluding carboxylic acids is 1.